The van der Waals surface area contributed by atoms with E-state index in [0.717, 1.165) is 29.7 Å². The van der Waals surface area contributed by atoms with Crippen LogP contribution in [0.25, 0.3) is 10.4 Å². The van der Waals surface area contributed by atoms with E-state index >= 15 is 0 Å². The first kappa shape index (κ1) is 15.4. The zero-order chi connectivity index (χ0) is 16.7. The van der Waals surface area contributed by atoms with E-state index in [4.69, 9.17) is 11.6 Å². The molecular weight excluding hydrogens is 344 g/mol. The highest BCUT2D eigenvalue weighted by molar-refractivity contribution is 7.17. The third-order valence-corrected chi connectivity index (χ3v) is 6.06. The number of nitrogens with zero attached hydrogens (tertiary/aromatic N) is 3. The highest BCUT2D eigenvalue weighted by Crippen LogP contribution is 2.37. The van der Waals surface area contributed by atoms with E-state index in [2.05, 4.69) is 16.5 Å². The number of benzene rings is 1. The predicted octanol–water partition coefficient (Wildman–Crippen LogP) is 3.28. The van der Waals surface area contributed by atoms with Gasteiger partial charge in [-0.05, 0) is 37.0 Å². The van der Waals surface area contributed by atoms with Gasteiger partial charge in [-0.15, -0.1) is 11.3 Å². The normalized spacial score (nSPS) is 24.8. The van der Waals surface area contributed by atoms with Crippen LogP contribution in [-0.4, -0.2) is 33.9 Å². The molecule has 2 aromatic rings. The van der Waals surface area contributed by atoms with E-state index in [1.807, 2.05) is 29.2 Å². The summed E-state index contributed by atoms with van der Waals surface area (Å²) in [6.45, 7) is 0. The highest BCUT2D eigenvalue weighted by atomic mass is 35.5. The third kappa shape index (κ3) is 2.64. The fourth-order valence-corrected chi connectivity index (χ4v) is 4.69. The second kappa shape index (κ2) is 6.08. The Balaban J connectivity index is 1.48. The molecule has 2 aliphatic heterocycles. The topological polar surface area (TPSA) is 69.0 Å². The average molecular weight is 359 g/mol. The number of rotatable bonds is 3. The summed E-state index contributed by atoms with van der Waals surface area (Å²) in [6, 6.07) is 7.95. The maximum atomic E-state index is 12.5. The van der Waals surface area contributed by atoms with Gasteiger partial charge in [-0.2, -0.15) is 5.26 Å². The number of amides is 1. The minimum absolute atomic E-state index is 0.0365. The van der Waals surface area contributed by atoms with Gasteiger partial charge in [0.2, 0.25) is 0 Å². The number of hydrogen-bond acceptors (Lipinski definition) is 5. The lowest BCUT2D eigenvalue weighted by atomic mass is 9.95. The van der Waals surface area contributed by atoms with Crippen molar-refractivity contribution in [3.8, 4) is 16.6 Å². The molecule has 3 heterocycles. The van der Waals surface area contributed by atoms with Gasteiger partial charge in [0.25, 0.3) is 5.91 Å². The van der Waals surface area contributed by atoms with E-state index in [9.17, 15) is 10.1 Å². The molecule has 1 aromatic carbocycles. The smallest absolute Gasteiger partial charge is 0.280 e. The zero-order valence-corrected chi connectivity index (χ0v) is 14.3. The van der Waals surface area contributed by atoms with Gasteiger partial charge in [-0.1, -0.05) is 23.7 Å². The first-order valence-electron chi connectivity index (χ1n) is 7.86. The number of fused-ring (bicyclic) bond motifs is 2. The van der Waals surface area contributed by atoms with Crippen LogP contribution >= 0.6 is 22.9 Å². The van der Waals surface area contributed by atoms with Crippen LogP contribution in [0.4, 0.5) is 0 Å². The van der Waals surface area contributed by atoms with Crippen molar-refractivity contribution >= 4 is 28.8 Å². The standard InChI is InChI=1S/C17H15ClN4OS/c18-11-3-1-2-10(6-11)15-8-20-17(24-15)16(23)21-13-7-12-4-5-14(13)22(12)9-19/h1-3,6,8,12-14H,4-5,7H2,(H,21,23)/t12-,13+,14+/m0/s1. The third-order valence-electron chi connectivity index (χ3n) is 4.78. The van der Waals surface area contributed by atoms with Crippen LogP contribution in [0.2, 0.25) is 5.02 Å². The molecule has 4 rings (SSSR count). The molecule has 3 atom stereocenters. The van der Waals surface area contributed by atoms with Crippen molar-refractivity contribution in [2.24, 2.45) is 0 Å². The van der Waals surface area contributed by atoms with Crippen molar-refractivity contribution < 1.29 is 4.79 Å². The van der Waals surface area contributed by atoms with Crippen LogP contribution in [0.15, 0.2) is 30.5 Å². The van der Waals surface area contributed by atoms with Crippen LogP contribution in [0.5, 0.6) is 0 Å². The van der Waals surface area contributed by atoms with Crippen molar-refractivity contribution in [1.29, 1.82) is 5.26 Å². The SMILES string of the molecule is N#CN1[C@H]2CC[C@@H]1[C@H](NC(=O)c1ncc(-c3cccc(Cl)c3)s1)C2. The summed E-state index contributed by atoms with van der Waals surface area (Å²) < 4.78 is 0. The Morgan fingerprint density at radius 3 is 3.08 bits per heavy atom. The van der Waals surface area contributed by atoms with Gasteiger partial charge < -0.3 is 10.2 Å². The largest absolute Gasteiger partial charge is 0.345 e. The van der Waals surface area contributed by atoms with Gasteiger partial charge in [0.05, 0.1) is 17.0 Å². The Kier molecular flexibility index (Phi) is 3.91. The Morgan fingerprint density at radius 1 is 1.46 bits per heavy atom. The predicted molar refractivity (Wildman–Crippen MR) is 92.7 cm³/mol. The molecule has 2 saturated heterocycles. The zero-order valence-electron chi connectivity index (χ0n) is 12.8. The van der Waals surface area contributed by atoms with E-state index < -0.39 is 0 Å². The van der Waals surface area contributed by atoms with Gasteiger partial charge in [-0.3, -0.25) is 4.79 Å². The Bertz CT molecular complexity index is 830. The van der Waals surface area contributed by atoms with Gasteiger partial charge in [0.1, 0.15) is 0 Å². The molecule has 2 aliphatic rings. The summed E-state index contributed by atoms with van der Waals surface area (Å²) in [5.74, 6) is -0.163. The number of thiazole rings is 1. The molecule has 24 heavy (non-hydrogen) atoms. The van der Waals surface area contributed by atoms with Crippen molar-refractivity contribution in [2.45, 2.75) is 37.4 Å². The number of halogens is 1. The quantitative estimate of drug-likeness (QED) is 0.855. The van der Waals surface area contributed by atoms with Crippen molar-refractivity contribution in [3.05, 3.63) is 40.5 Å². The van der Waals surface area contributed by atoms with E-state index in [1.54, 1.807) is 6.20 Å². The lowest BCUT2D eigenvalue weighted by Gasteiger charge is -2.21. The lowest BCUT2D eigenvalue weighted by molar-refractivity contribution is 0.0928. The molecule has 0 spiro atoms. The summed E-state index contributed by atoms with van der Waals surface area (Å²) in [7, 11) is 0. The molecule has 1 aromatic heterocycles. The van der Waals surface area contributed by atoms with Gasteiger partial charge >= 0.3 is 0 Å². The molecule has 5 nitrogen and oxygen atoms in total. The summed E-state index contributed by atoms with van der Waals surface area (Å²) in [5, 5.41) is 13.4. The average Bonchev–Trinajstić information content (AvgIpc) is 3.28. The highest BCUT2D eigenvalue weighted by Gasteiger charge is 2.46. The molecule has 2 bridgehead atoms. The van der Waals surface area contributed by atoms with E-state index in [-0.39, 0.29) is 24.0 Å². The fourth-order valence-electron chi connectivity index (χ4n) is 3.68. The molecule has 0 saturated carbocycles. The second-order valence-electron chi connectivity index (χ2n) is 6.16. The second-order valence-corrected chi connectivity index (χ2v) is 7.63. The maximum Gasteiger partial charge on any atom is 0.280 e. The molecular formula is C17H15ClN4OS. The summed E-state index contributed by atoms with van der Waals surface area (Å²) in [4.78, 5) is 19.5. The maximum absolute atomic E-state index is 12.5. The van der Waals surface area contributed by atoms with Crippen molar-refractivity contribution in [2.75, 3.05) is 0 Å². The van der Waals surface area contributed by atoms with Crippen LogP contribution in [0.3, 0.4) is 0 Å². The number of carbonyl (C=O) groups excluding carboxylic acids is 1. The number of aromatic nitrogens is 1. The molecule has 0 aliphatic carbocycles. The van der Waals surface area contributed by atoms with Crippen LogP contribution in [0.1, 0.15) is 29.1 Å². The van der Waals surface area contributed by atoms with Crippen LogP contribution in [-0.2, 0) is 0 Å². The summed E-state index contributed by atoms with van der Waals surface area (Å²) in [6.07, 6.45) is 6.81. The minimum Gasteiger partial charge on any atom is -0.345 e. The Hall–Kier alpha value is -2.10. The lowest BCUT2D eigenvalue weighted by Crippen LogP contribution is -2.43. The Morgan fingerprint density at radius 2 is 2.33 bits per heavy atom. The monoisotopic (exact) mass is 358 g/mol. The fraction of sp³-hybridized carbons (Fsp3) is 0.353. The van der Waals surface area contributed by atoms with Crippen molar-refractivity contribution in [3.63, 3.8) is 0 Å². The molecule has 0 radical (unpaired) electrons. The van der Waals surface area contributed by atoms with E-state index in [1.165, 1.54) is 11.3 Å². The Labute approximate surface area is 148 Å². The molecule has 1 amide bonds. The molecule has 2 fully saturated rings. The summed E-state index contributed by atoms with van der Waals surface area (Å²) >= 11 is 7.37. The number of nitrogens with one attached hydrogen (secondary N) is 1. The first-order valence-corrected chi connectivity index (χ1v) is 9.06. The first-order chi connectivity index (χ1) is 11.7. The van der Waals surface area contributed by atoms with E-state index in [0.29, 0.717) is 10.0 Å². The van der Waals surface area contributed by atoms with Crippen LogP contribution < -0.4 is 5.32 Å². The van der Waals surface area contributed by atoms with Gasteiger partial charge in [0.15, 0.2) is 11.2 Å². The van der Waals surface area contributed by atoms with Gasteiger partial charge in [0, 0.05) is 17.3 Å². The number of nitriles is 1. The molecule has 0 unspecified atom stereocenters. The van der Waals surface area contributed by atoms with Gasteiger partial charge in [-0.25, -0.2) is 4.98 Å². The number of carbonyl (C=O) groups is 1. The summed E-state index contributed by atoms with van der Waals surface area (Å²) in [5.41, 5.74) is 0.953. The minimum atomic E-state index is -0.163. The molecule has 1 N–H and O–H groups in total. The van der Waals surface area contributed by atoms with Crippen LogP contribution in [0, 0.1) is 11.5 Å². The number of hydrogen-bond donors (Lipinski definition) is 1. The molecule has 7 heteroatoms. The van der Waals surface area contributed by atoms with Crippen molar-refractivity contribution in [1.82, 2.24) is 15.2 Å². The molecule has 122 valence electrons.